The van der Waals surface area contributed by atoms with Crippen molar-refractivity contribution in [3.63, 3.8) is 0 Å². The lowest BCUT2D eigenvalue weighted by Crippen LogP contribution is -3.14. The minimum Gasteiger partial charge on any atom is -0.422 e. The molecule has 128 valence electrons. The van der Waals surface area contributed by atoms with E-state index in [1.54, 1.807) is 18.2 Å². The van der Waals surface area contributed by atoms with Crippen LogP contribution in [-0.2, 0) is 4.74 Å². The molecule has 1 aliphatic rings. The molecule has 2 N–H and O–H groups in total. The maximum absolute atomic E-state index is 12.2. The zero-order valence-electron chi connectivity index (χ0n) is 13.3. The van der Waals surface area contributed by atoms with Gasteiger partial charge in [0.05, 0.1) is 19.8 Å². The average Bonchev–Trinajstić information content (AvgIpc) is 2.59. The fourth-order valence-corrected chi connectivity index (χ4v) is 3.18. The number of carbonyl (C=O) groups is 1. The smallest absolute Gasteiger partial charge is 0.349 e. The third-order valence-corrected chi connectivity index (χ3v) is 4.62. The highest BCUT2D eigenvalue weighted by Gasteiger charge is 2.15. The quantitative estimate of drug-likeness (QED) is 0.573. The molecule has 7 heteroatoms. The fraction of sp³-hybridized carbons (Fsp3) is 0.412. The van der Waals surface area contributed by atoms with Crippen LogP contribution in [0.15, 0.2) is 37.9 Å². The fourth-order valence-electron chi connectivity index (χ4n) is 2.80. The van der Waals surface area contributed by atoms with Crippen molar-refractivity contribution >= 4 is 32.8 Å². The molecule has 2 heterocycles. The number of quaternary nitrogens is 1. The number of carbonyl (C=O) groups excluding carboxylic acids is 1. The van der Waals surface area contributed by atoms with E-state index in [2.05, 4.69) is 21.2 Å². The molecule has 0 unspecified atom stereocenters. The normalized spacial score (nSPS) is 15.5. The van der Waals surface area contributed by atoms with Crippen LogP contribution in [0.4, 0.5) is 0 Å². The summed E-state index contributed by atoms with van der Waals surface area (Å²) in [5, 5.41) is 3.52. The van der Waals surface area contributed by atoms with Crippen LogP contribution in [0.1, 0.15) is 16.8 Å². The number of hydrogen-bond donors (Lipinski definition) is 2. The van der Waals surface area contributed by atoms with Gasteiger partial charge < -0.3 is 19.4 Å². The minimum atomic E-state index is -0.610. The molecule has 24 heavy (non-hydrogen) atoms. The van der Waals surface area contributed by atoms with Crippen LogP contribution in [0.5, 0.6) is 0 Å². The van der Waals surface area contributed by atoms with E-state index in [0.717, 1.165) is 43.7 Å². The maximum atomic E-state index is 12.2. The monoisotopic (exact) mass is 395 g/mol. The highest BCUT2D eigenvalue weighted by atomic mass is 79.9. The Morgan fingerprint density at radius 3 is 2.83 bits per heavy atom. The Morgan fingerprint density at radius 1 is 1.25 bits per heavy atom. The lowest BCUT2D eigenvalue weighted by Gasteiger charge is -2.23. The van der Waals surface area contributed by atoms with Gasteiger partial charge in [-0.2, -0.15) is 0 Å². The molecular weight excluding hydrogens is 376 g/mol. The first-order valence-electron chi connectivity index (χ1n) is 8.06. The number of morpholine rings is 1. The molecule has 1 aliphatic heterocycles. The number of hydrogen-bond acceptors (Lipinski definition) is 4. The molecule has 1 aromatic heterocycles. The van der Waals surface area contributed by atoms with Gasteiger partial charge in [0.1, 0.15) is 24.2 Å². The second kappa shape index (κ2) is 7.92. The number of halogens is 1. The van der Waals surface area contributed by atoms with E-state index < -0.39 is 5.63 Å². The SMILES string of the molecule is O=C(NCCC[NH+]1CCOCC1)c1cc2cc(Br)ccc2oc1=O. The van der Waals surface area contributed by atoms with Gasteiger partial charge in [0.2, 0.25) is 0 Å². The summed E-state index contributed by atoms with van der Waals surface area (Å²) >= 11 is 3.37. The van der Waals surface area contributed by atoms with Crippen molar-refractivity contribution in [3.05, 3.63) is 44.7 Å². The predicted molar refractivity (Wildman–Crippen MR) is 93.5 cm³/mol. The Hall–Kier alpha value is -1.70. The molecule has 0 spiro atoms. The van der Waals surface area contributed by atoms with Crippen LogP contribution in [0, 0.1) is 0 Å². The van der Waals surface area contributed by atoms with Crippen LogP contribution < -0.4 is 15.8 Å². The van der Waals surface area contributed by atoms with Gasteiger partial charge in [-0.1, -0.05) is 15.9 Å². The predicted octanol–water partition coefficient (Wildman–Crippen LogP) is 0.591. The molecule has 0 saturated carbocycles. The highest BCUT2D eigenvalue weighted by Crippen LogP contribution is 2.19. The summed E-state index contributed by atoms with van der Waals surface area (Å²) in [5.41, 5.74) is -0.101. The Labute approximate surface area is 147 Å². The van der Waals surface area contributed by atoms with Crippen LogP contribution >= 0.6 is 15.9 Å². The van der Waals surface area contributed by atoms with Crippen molar-refractivity contribution in [2.24, 2.45) is 0 Å². The van der Waals surface area contributed by atoms with Gasteiger partial charge in [-0.15, -0.1) is 0 Å². The van der Waals surface area contributed by atoms with Gasteiger partial charge in [-0.05, 0) is 24.3 Å². The van der Waals surface area contributed by atoms with Gasteiger partial charge in [0.25, 0.3) is 5.91 Å². The zero-order valence-corrected chi connectivity index (χ0v) is 14.9. The Kier molecular flexibility index (Phi) is 5.65. The van der Waals surface area contributed by atoms with Crippen LogP contribution in [0.2, 0.25) is 0 Å². The van der Waals surface area contributed by atoms with E-state index in [1.807, 2.05) is 6.07 Å². The largest absolute Gasteiger partial charge is 0.422 e. The summed E-state index contributed by atoms with van der Waals surface area (Å²) in [6.45, 7) is 5.15. The van der Waals surface area contributed by atoms with Gasteiger partial charge in [-0.3, -0.25) is 4.79 Å². The van der Waals surface area contributed by atoms with E-state index in [-0.39, 0.29) is 11.5 Å². The van der Waals surface area contributed by atoms with Crippen molar-refractivity contribution in [2.75, 3.05) is 39.4 Å². The van der Waals surface area contributed by atoms with Gasteiger partial charge in [0.15, 0.2) is 0 Å². The third kappa shape index (κ3) is 4.23. The first kappa shape index (κ1) is 17.1. The molecule has 0 radical (unpaired) electrons. The molecule has 1 aromatic carbocycles. The van der Waals surface area contributed by atoms with Crippen molar-refractivity contribution < 1.29 is 18.8 Å². The summed E-state index contributed by atoms with van der Waals surface area (Å²) in [7, 11) is 0. The lowest BCUT2D eigenvalue weighted by atomic mass is 10.2. The van der Waals surface area contributed by atoms with Gasteiger partial charge in [-0.25, -0.2) is 4.79 Å². The first-order valence-corrected chi connectivity index (χ1v) is 8.86. The Morgan fingerprint density at radius 2 is 2.04 bits per heavy atom. The van der Waals surface area contributed by atoms with Crippen molar-refractivity contribution in [3.8, 4) is 0 Å². The molecule has 6 nitrogen and oxygen atoms in total. The summed E-state index contributed by atoms with van der Waals surface area (Å²) in [6, 6.07) is 6.89. The standard InChI is InChI=1S/C17H19BrN2O4/c18-13-2-3-15-12(10-13)11-14(17(22)24-15)16(21)19-4-1-5-20-6-8-23-9-7-20/h2-3,10-11H,1,4-9H2,(H,19,21)/p+1. The zero-order chi connectivity index (χ0) is 16.9. The number of ether oxygens (including phenoxy) is 1. The second-order valence-corrected chi connectivity index (χ2v) is 6.77. The van der Waals surface area contributed by atoms with Crippen LogP contribution in [0.3, 0.4) is 0 Å². The number of benzene rings is 1. The van der Waals surface area contributed by atoms with E-state index in [1.165, 1.54) is 4.90 Å². The number of fused-ring (bicyclic) bond motifs is 1. The Bertz CT molecular complexity index is 784. The number of rotatable bonds is 5. The van der Waals surface area contributed by atoms with E-state index in [9.17, 15) is 9.59 Å². The molecule has 0 bridgehead atoms. The second-order valence-electron chi connectivity index (χ2n) is 5.85. The summed E-state index contributed by atoms with van der Waals surface area (Å²) in [4.78, 5) is 25.7. The van der Waals surface area contributed by atoms with Crippen LogP contribution in [0.25, 0.3) is 11.0 Å². The highest BCUT2D eigenvalue weighted by molar-refractivity contribution is 9.10. The van der Waals surface area contributed by atoms with E-state index in [4.69, 9.17) is 9.15 Å². The van der Waals surface area contributed by atoms with Gasteiger partial charge >= 0.3 is 5.63 Å². The first-order chi connectivity index (χ1) is 11.6. The summed E-state index contributed by atoms with van der Waals surface area (Å²) < 4.78 is 11.4. The third-order valence-electron chi connectivity index (χ3n) is 4.13. The van der Waals surface area contributed by atoms with Gasteiger partial charge in [0, 0.05) is 22.8 Å². The number of amides is 1. The lowest BCUT2D eigenvalue weighted by molar-refractivity contribution is -0.908. The topological polar surface area (TPSA) is 73.0 Å². The van der Waals surface area contributed by atoms with Crippen molar-refractivity contribution in [1.29, 1.82) is 0 Å². The molecule has 1 saturated heterocycles. The molecule has 1 fully saturated rings. The Balaban J connectivity index is 1.59. The molecule has 0 aliphatic carbocycles. The van der Waals surface area contributed by atoms with Crippen LogP contribution in [-0.4, -0.2) is 45.3 Å². The molecule has 2 aromatic rings. The summed E-state index contributed by atoms with van der Waals surface area (Å²) in [5.74, 6) is -0.386. The van der Waals surface area contributed by atoms with E-state index in [0.29, 0.717) is 17.5 Å². The average molecular weight is 396 g/mol. The maximum Gasteiger partial charge on any atom is 0.349 e. The molecule has 0 atom stereocenters. The number of nitrogens with one attached hydrogen (secondary N) is 2. The molecular formula is C17H20BrN2O4+. The summed E-state index contributed by atoms with van der Waals surface area (Å²) in [6.07, 6.45) is 0.867. The molecule has 3 rings (SSSR count). The molecule has 1 amide bonds. The van der Waals surface area contributed by atoms with E-state index >= 15 is 0 Å². The van der Waals surface area contributed by atoms with Crippen molar-refractivity contribution in [2.45, 2.75) is 6.42 Å². The van der Waals surface area contributed by atoms with Crippen molar-refractivity contribution in [1.82, 2.24) is 5.32 Å². The minimum absolute atomic E-state index is 0.0410.